The number of halogens is 1. The maximum atomic E-state index is 12.6. The molecule has 2 heterocycles. The van der Waals surface area contributed by atoms with Crippen molar-refractivity contribution >= 4 is 49.9 Å². The molecule has 0 unspecified atom stereocenters. The molecule has 26 heavy (non-hydrogen) atoms. The van der Waals surface area contributed by atoms with Gasteiger partial charge in [-0.1, -0.05) is 22.9 Å². The predicted octanol–water partition coefficient (Wildman–Crippen LogP) is 4.08. The van der Waals surface area contributed by atoms with Crippen LogP contribution in [0.3, 0.4) is 0 Å². The number of piperazine rings is 1. The Morgan fingerprint density at radius 2 is 1.85 bits per heavy atom. The van der Waals surface area contributed by atoms with Crippen molar-refractivity contribution in [1.82, 2.24) is 14.8 Å². The number of likely N-dealkylation sites (N-methyl/N-ethyl adjacent to an activating group) is 1. The average molecular weight is 387 g/mol. The van der Waals surface area contributed by atoms with Gasteiger partial charge in [-0.2, -0.15) is 0 Å². The number of aromatic nitrogens is 1. The molecule has 1 fully saturated rings. The van der Waals surface area contributed by atoms with Crippen LogP contribution in [0.15, 0.2) is 42.5 Å². The lowest BCUT2D eigenvalue weighted by molar-refractivity contribution is 0.0664. The maximum absolute atomic E-state index is 12.6. The highest BCUT2D eigenvalue weighted by Gasteiger charge is 2.20. The van der Waals surface area contributed by atoms with Gasteiger partial charge in [0.05, 0.1) is 10.2 Å². The number of hydrogen-bond donors (Lipinski definition) is 1. The topological polar surface area (TPSA) is 48.5 Å². The quantitative estimate of drug-likeness (QED) is 0.736. The van der Waals surface area contributed by atoms with E-state index in [4.69, 9.17) is 11.6 Å². The fourth-order valence-corrected chi connectivity index (χ4v) is 4.13. The molecule has 3 aromatic rings. The minimum atomic E-state index is 0.0966. The van der Waals surface area contributed by atoms with Crippen molar-refractivity contribution in [3.8, 4) is 0 Å². The average Bonchev–Trinajstić information content (AvgIpc) is 3.03. The van der Waals surface area contributed by atoms with Crippen LogP contribution < -0.4 is 5.32 Å². The van der Waals surface area contributed by atoms with E-state index in [0.29, 0.717) is 5.02 Å². The number of nitrogens with zero attached hydrogens (tertiary/aromatic N) is 3. The van der Waals surface area contributed by atoms with Gasteiger partial charge in [0.2, 0.25) is 0 Å². The summed E-state index contributed by atoms with van der Waals surface area (Å²) >= 11 is 7.58. The predicted molar refractivity (Wildman–Crippen MR) is 108 cm³/mol. The zero-order valence-corrected chi connectivity index (χ0v) is 16.0. The minimum Gasteiger partial charge on any atom is -0.336 e. The highest BCUT2D eigenvalue weighted by atomic mass is 35.5. The van der Waals surface area contributed by atoms with E-state index in [2.05, 4.69) is 22.2 Å². The monoisotopic (exact) mass is 386 g/mol. The van der Waals surface area contributed by atoms with Gasteiger partial charge in [-0.3, -0.25) is 4.79 Å². The van der Waals surface area contributed by atoms with Crippen LogP contribution in [0.4, 0.5) is 10.8 Å². The van der Waals surface area contributed by atoms with E-state index in [0.717, 1.165) is 52.8 Å². The molecule has 134 valence electrons. The summed E-state index contributed by atoms with van der Waals surface area (Å²) in [6, 6.07) is 13.2. The van der Waals surface area contributed by atoms with E-state index in [1.807, 2.05) is 47.4 Å². The molecule has 1 saturated heterocycles. The molecule has 7 heteroatoms. The van der Waals surface area contributed by atoms with Crippen molar-refractivity contribution in [3.05, 3.63) is 53.1 Å². The molecule has 2 aromatic carbocycles. The molecule has 4 rings (SSSR count). The molecule has 1 N–H and O–H groups in total. The van der Waals surface area contributed by atoms with Crippen LogP contribution in [0.5, 0.6) is 0 Å². The third-order valence-electron chi connectivity index (χ3n) is 4.52. The largest absolute Gasteiger partial charge is 0.336 e. The smallest absolute Gasteiger partial charge is 0.253 e. The third kappa shape index (κ3) is 3.67. The van der Waals surface area contributed by atoms with Gasteiger partial charge in [0.15, 0.2) is 5.13 Å². The first-order valence-corrected chi connectivity index (χ1v) is 9.69. The molecule has 1 aromatic heterocycles. The van der Waals surface area contributed by atoms with Crippen molar-refractivity contribution in [2.24, 2.45) is 0 Å². The summed E-state index contributed by atoms with van der Waals surface area (Å²) in [5.41, 5.74) is 2.55. The highest BCUT2D eigenvalue weighted by Crippen LogP contribution is 2.30. The molecule has 5 nitrogen and oxygen atoms in total. The third-order valence-corrected chi connectivity index (χ3v) is 5.69. The molecule has 0 spiro atoms. The lowest BCUT2D eigenvalue weighted by Crippen LogP contribution is -2.47. The molecule has 1 aliphatic heterocycles. The van der Waals surface area contributed by atoms with Gasteiger partial charge >= 0.3 is 0 Å². The van der Waals surface area contributed by atoms with E-state index in [1.165, 1.54) is 0 Å². The summed E-state index contributed by atoms with van der Waals surface area (Å²) in [6.45, 7) is 3.41. The molecule has 0 bridgehead atoms. The number of hydrogen-bond acceptors (Lipinski definition) is 5. The van der Waals surface area contributed by atoms with Crippen LogP contribution in [0, 0.1) is 0 Å². The minimum absolute atomic E-state index is 0.0966. The Hall–Kier alpha value is -2.15. The number of carbonyl (C=O) groups is 1. The normalized spacial score (nSPS) is 15.4. The van der Waals surface area contributed by atoms with Crippen molar-refractivity contribution in [1.29, 1.82) is 0 Å². The molecule has 0 atom stereocenters. The molecule has 1 aliphatic rings. The van der Waals surface area contributed by atoms with Crippen molar-refractivity contribution in [2.75, 3.05) is 38.5 Å². The first-order chi connectivity index (χ1) is 12.6. The van der Waals surface area contributed by atoms with Crippen LogP contribution in [0.1, 0.15) is 10.4 Å². The van der Waals surface area contributed by atoms with Crippen LogP contribution in [-0.2, 0) is 0 Å². The van der Waals surface area contributed by atoms with Gasteiger partial charge in [0, 0.05) is 42.5 Å². The van der Waals surface area contributed by atoms with Crippen molar-refractivity contribution < 1.29 is 4.79 Å². The van der Waals surface area contributed by atoms with Gasteiger partial charge in [-0.25, -0.2) is 4.98 Å². The van der Waals surface area contributed by atoms with Crippen LogP contribution in [0.2, 0.25) is 5.02 Å². The Bertz CT molecular complexity index is 932. The first-order valence-electron chi connectivity index (χ1n) is 8.49. The summed E-state index contributed by atoms with van der Waals surface area (Å²) in [4.78, 5) is 21.3. The van der Waals surface area contributed by atoms with Gasteiger partial charge in [-0.15, -0.1) is 0 Å². The van der Waals surface area contributed by atoms with Gasteiger partial charge in [-0.05, 0) is 49.5 Å². The fraction of sp³-hybridized carbons (Fsp3) is 0.263. The van der Waals surface area contributed by atoms with Crippen molar-refractivity contribution in [3.63, 3.8) is 0 Å². The molecular weight excluding hydrogens is 368 g/mol. The summed E-state index contributed by atoms with van der Waals surface area (Å²) in [5, 5.41) is 4.81. The molecule has 1 amide bonds. The SMILES string of the molecule is CN1CCN(C(=O)c2ccc(Nc3nc4ccc(Cl)cc4s3)cc2)CC1. The number of benzene rings is 2. The number of rotatable bonds is 3. The Balaban J connectivity index is 1.46. The Kier molecular flexibility index (Phi) is 4.80. The second-order valence-electron chi connectivity index (χ2n) is 6.43. The van der Waals surface area contributed by atoms with E-state index in [-0.39, 0.29) is 5.91 Å². The molecule has 0 radical (unpaired) electrons. The fourth-order valence-electron chi connectivity index (χ4n) is 2.96. The Morgan fingerprint density at radius 3 is 2.58 bits per heavy atom. The lowest BCUT2D eigenvalue weighted by atomic mass is 10.1. The van der Waals surface area contributed by atoms with Gasteiger partial charge < -0.3 is 15.1 Å². The van der Waals surface area contributed by atoms with Crippen LogP contribution in [0.25, 0.3) is 10.2 Å². The number of fused-ring (bicyclic) bond motifs is 1. The number of anilines is 2. The number of thiazole rings is 1. The molecular formula is C19H19ClN4OS. The second-order valence-corrected chi connectivity index (χ2v) is 7.90. The van der Waals surface area contributed by atoms with E-state index < -0.39 is 0 Å². The Labute approximate surface area is 161 Å². The van der Waals surface area contributed by atoms with E-state index in [1.54, 1.807) is 11.3 Å². The molecule has 0 saturated carbocycles. The highest BCUT2D eigenvalue weighted by molar-refractivity contribution is 7.22. The lowest BCUT2D eigenvalue weighted by Gasteiger charge is -2.32. The van der Waals surface area contributed by atoms with Crippen LogP contribution >= 0.6 is 22.9 Å². The second kappa shape index (κ2) is 7.23. The standard InChI is InChI=1S/C19H19ClN4OS/c1-23-8-10-24(11-9-23)18(25)13-2-5-15(6-3-13)21-19-22-16-7-4-14(20)12-17(16)26-19/h2-7,12H,8-11H2,1H3,(H,21,22). The Morgan fingerprint density at radius 1 is 1.12 bits per heavy atom. The summed E-state index contributed by atoms with van der Waals surface area (Å²) in [5.74, 6) is 0.0966. The van der Waals surface area contributed by atoms with E-state index >= 15 is 0 Å². The molecule has 0 aliphatic carbocycles. The van der Waals surface area contributed by atoms with Gasteiger partial charge in [0.1, 0.15) is 0 Å². The summed E-state index contributed by atoms with van der Waals surface area (Å²) < 4.78 is 1.04. The number of carbonyl (C=O) groups excluding carboxylic acids is 1. The zero-order valence-electron chi connectivity index (χ0n) is 14.4. The van der Waals surface area contributed by atoms with E-state index in [9.17, 15) is 4.79 Å². The van der Waals surface area contributed by atoms with Gasteiger partial charge in [0.25, 0.3) is 5.91 Å². The zero-order chi connectivity index (χ0) is 18.1. The number of nitrogens with one attached hydrogen (secondary N) is 1. The summed E-state index contributed by atoms with van der Waals surface area (Å²) in [7, 11) is 2.08. The number of amides is 1. The maximum Gasteiger partial charge on any atom is 0.253 e. The van der Waals surface area contributed by atoms with Crippen molar-refractivity contribution in [2.45, 2.75) is 0 Å². The first kappa shape index (κ1) is 17.3. The summed E-state index contributed by atoms with van der Waals surface area (Å²) in [6.07, 6.45) is 0. The van der Waals surface area contributed by atoms with Crippen LogP contribution in [-0.4, -0.2) is 53.9 Å².